The Hall–Kier alpha value is -1.88. The summed E-state index contributed by atoms with van der Waals surface area (Å²) in [5, 5.41) is 0.192. The summed E-state index contributed by atoms with van der Waals surface area (Å²) in [5.74, 6) is 0. The van der Waals surface area contributed by atoms with Crippen molar-refractivity contribution in [3.8, 4) is 0 Å². The van der Waals surface area contributed by atoms with Gasteiger partial charge in [0, 0.05) is 13.2 Å². The molecule has 2 fully saturated rings. The maximum absolute atomic E-state index is 6.67. The second-order valence-corrected chi connectivity index (χ2v) is 17.8. The van der Waals surface area contributed by atoms with E-state index >= 15 is 0 Å². The highest BCUT2D eigenvalue weighted by atomic mass is 28.4. The van der Waals surface area contributed by atoms with Crippen molar-refractivity contribution in [1.82, 2.24) is 0 Å². The Balaban J connectivity index is 1.51. The Labute approximate surface area is 259 Å². The Morgan fingerprint density at radius 1 is 0.721 bits per heavy atom. The molecule has 1 aliphatic heterocycles. The van der Waals surface area contributed by atoms with Crippen LogP contribution in [0.5, 0.6) is 0 Å². The fourth-order valence-corrected chi connectivity index (χ4v) is 6.43. The fraction of sp³-hybridized carbons (Fsp3) is 0.600. The first-order chi connectivity index (χ1) is 20.6. The van der Waals surface area contributed by atoms with E-state index < -0.39 is 45.1 Å². The highest BCUT2D eigenvalue weighted by Crippen LogP contribution is 2.39. The van der Waals surface area contributed by atoms with Crippen LogP contribution < -0.4 is 0 Å². The van der Waals surface area contributed by atoms with Crippen molar-refractivity contribution < 1.29 is 32.8 Å². The molecule has 4 rings (SSSR count). The molecule has 1 aliphatic carbocycles. The smallest absolute Gasteiger partial charge is 0.191 e. The molecule has 1 unspecified atom stereocenters. The van der Waals surface area contributed by atoms with Crippen molar-refractivity contribution in [3.63, 3.8) is 0 Å². The molecule has 0 radical (unpaired) electrons. The lowest BCUT2D eigenvalue weighted by atomic mass is 9.83. The van der Waals surface area contributed by atoms with Crippen molar-refractivity contribution in [1.29, 1.82) is 0 Å². The summed E-state index contributed by atoms with van der Waals surface area (Å²) in [6.45, 7) is 19.7. The third-order valence-electron chi connectivity index (χ3n) is 8.74. The Morgan fingerprint density at radius 3 is 1.77 bits per heavy atom. The molecule has 8 heteroatoms. The van der Waals surface area contributed by atoms with Crippen molar-refractivity contribution >= 4 is 8.32 Å². The van der Waals surface area contributed by atoms with Gasteiger partial charge in [0.15, 0.2) is 14.6 Å². The maximum atomic E-state index is 6.67. The van der Waals surface area contributed by atoms with Crippen LogP contribution in [0.25, 0.3) is 0 Å². The SMILES string of the molecule is C=CCO[C@H]1[C@H](OCc2ccccc2)[C@H](OCCCCO[Si](C)(C)C(C)(C)C)[C@@H]2OC(C)O[C@H]1[C@@H]2OCc1ccccc1. The van der Waals surface area contributed by atoms with Gasteiger partial charge in [-0.2, -0.15) is 0 Å². The first-order valence-electron chi connectivity index (χ1n) is 15.7. The molecule has 2 aromatic rings. The second kappa shape index (κ2) is 15.9. The van der Waals surface area contributed by atoms with Gasteiger partial charge in [-0.3, -0.25) is 0 Å². The number of benzene rings is 2. The molecule has 1 heterocycles. The van der Waals surface area contributed by atoms with E-state index in [4.69, 9.17) is 32.8 Å². The van der Waals surface area contributed by atoms with Crippen LogP contribution in [0, 0.1) is 0 Å². The van der Waals surface area contributed by atoms with Crippen LogP contribution in [-0.2, 0) is 46.1 Å². The normalized spacial score (nSPS) is 27.6. The van der Waals surface area contributed by atoms with E-state index in [1.807, 2.05) is 43.3 Å². The third-order valence-corrected chi connectivity index (χ3v) is 13.3. The molecule has 2 aliphatic rings. The van der Waals surface area contributed by atoms with E-state index in [1.165, 1.54) is 0 Å². The molecule has 2 aromatic carbocycles. The zero-order chi connectivity index (χ0) is 30.9. The fourth-order valence-electron chi connectivity index (χ4n) is 5.34. The number of ether oxygens (including phenoxy) is 6. The number of hydrogen-bond acceptors (Lipinski definition) is 7. The van der Waals surface area contributed by atoms with Gasteiger partial charge in [-0.25, -0.2) is 0 Å². The highest BCUT2D eigenvalue weighted by molar-refractivity contribution is 6.74. The second-order valence-electron chi connectivity index (χ2n) is 13.0. The van der Waals surface area contributed by atoms with Gasteiger partial charge in [-0.05, 0) is 49.0 Å². The monoisotopic (exact) mass is 612 g/mol. The van der Waals surface area contributed by atoms with Crippen LogP contribution in [0.2, 0.25) is 18.1 Å². The van der Waals surface area contributed by atoms with Gasteiger partial charge < -0.3 is 32.8 Å². The zero-order valence-corrected chi connectivity index (χ0v) is 27.9. The molecule has 7 atom stereocenters. The van der Waals surface area contributed by atoms with Crippen molar-refractivity contribution in [3.05, 3.63) is 84.4 Å². The van der Waals surface area contributed by atoms with Crippen LogP contribution >= 0.6 is 0 Å². The first kappa shape index (κ1) is 34.0. The minimum Gasteiger partial charge on any atom is -0.417 e. The Kier molecular flexibility index (Phi) is 12.6. The standard InChI is InChI=1S/C35H52O7Si/c1-8-21-36-30-29(38-24-27-17-11-9-12-18-27)31(37-22-15-16-23-40-43(6,7)35(3,4)5)34-32(33(30)41-26(2)42-34)39-25-28-19-13-10-14-20-28/h8-14,17-20,26,29-34H,1,15-16,21-25H2,2-7H3/t26?,29-,30-,31-,32-,33+,34-/m0/s1. The van der Waals surface area contributed by atoms with Gasteiger partial charge in [0.1, 0.15) is 36.6 Å². The van der Waals surface area contributed by atoms with Gasteiger partial charge in [0.05, 0.1) is 19.8 Å². The van der Waals surface area contributed by atoms with Crippen LogP contribution in [0.15, 0.2) is 73.3 Å². The van der Waals surface area contributed by atoms with Gasteiger partial charge >= 0.3 is 0 Å². The summed E-state index contributed by atoms with van der Waals surface area (Å²) >= 11 is 0. The number of rotatable bonds is 16. The topological polar surface area (TPSA) is 64.6 Å². The van der Waals surface area contributed by atoms with Gasteiger partial charge in [0.2, 0.25) is 0 Å². The molecule has 0 N–H and O–H groups in total. The minimum absolute atomic E-state index is 0.192. The zero-order valence-electron chi connectivity index (χ0n) is 26.9. The maximum Gasteiger partial charge on any atom is 0.191 e. The van der Waals surface area contributed by atoms with Crippen LogP contribution in [-0.4, -0.2) is 71.1 Å². The lowest BCUT2D eigenvalue weighted by Gasteiger charge is -2.53. The molecule has 43 heavy (non-hydrogen) atoms. The molecule has 0 amide bonds. The lowest BCUT2D eigenvalue weighted by molar-refractivity contribution is -0.367. The van der Waals surface area contributed by atoms with Crippen LogP contribution in [0.1, 0.15) is 51.7 Å². The molecule has 2 bridgehead atoms. The molecule has 0 spiro atoms. The molecule has 238 valence electrons. The van der Waals surface area contributed by atoms with E-state index in [0.29, 0.717) is 26.4 Å². The average molecular weight is 613 g/mol. The van der Waals surface area contributed by atoms with E-state index in [0.717, 1.165) is 30.6 Å². The quantitative estimate of drug-likeness (QED) is 0.114. The third kappa shape index (κ3) is 9.31. The molecule has 1 saturated carbocycles. The van der Waals surface area contributed by atoms with Crippen molar-refractivity contribution in [2.45, 2.75) is 115 Å². The van der Waals surface area contributed by atoms with Crippen molar-refractivity contribution in [2.24, 2.45) is 0 Å². The lowest BCUT2D eigenvalue weighted by Crippen LogP contribution is -2.71. The number of fused-ring (bicyclic) bond motifs is 2. The van der Waals surface area contributed by atoms with E-state index in [-0.39, 0.29) is 11.1 Å². The van der Waals surface area contributed by atoms with Crippen molar-refractivity contribution in [2.75, 3.05) is 19.8 Å². The van der Waals surface area contributed by atoms with Gasteiger partial charge in [-0.1, -0.05) is 87.5 Å². The summed E-state index contributed by atoms with van der Waals surface area (Å²) in [6, 6.07) is 20.3. The largest absolute Gasteiger partial charge is 0.417 e. The summed E-state index contributed by atoms with van der Waals surface area (Å²) in [6.07, 6.45) is 0.667. The van der Waals surface area contributed by atoms with Gasteiger partial charge in [-0.15, -0.1) is 6.58 Å². The Morgan fingerprint density at radius 2 is 1.23 bits per heavy atom. The van der Waals surface area contributed by atoms with Crippen LogP contribution in [0.4, 0.5) is 0 Å². The summed E-state index contributed by atoms with van der Waals surface area (Å²) in [5.41, 5.74) is 2.16. The first-order valence-corrected chi connectivity index (χ1v) is 18.6. The molecular formula is C35H52O7Si. The van der Waals surface area contributed by atoms with E-state index in [2.05, 4.69) is 64.7 Å². The van der Waals surface area contributed by atoms with Gasteiger partial charge in [0.25, 0.3) is 0 Å². The molecular weight excluding hydrogens is 560 g/mol. The summed E-state index contributed by atoms with van der Waals surface area (Å²) < 4.78 is 45.4. The highest BCUT2D eigenvalue weighted by Gasteiger charge is 2.58. The number of unbranched alkanes of at least 4 members (excludes halogenated alkanes) is 1. The molecule has 1 saturated heterocycles. The molecule has 0 aromatic heterocycles. The summed E-state index contributed by atoms with van der Waals surface area (Å²) in [4.78, 5) is 0. The minimum atomic E-state index is -1.78. The predicted molar refractivity (Wildman–Crippen MR) is 171 cm³/mol. The summed E-state index contributed by atoms with van der Waals surface area (Å²) in [7, 11) is -1.78. The predicted octanol–water partition coefficient (Wildman–Crippen LogP) is 7.06. The van der Waals surface area contributed by atoms with E-state index in [1.54, 1.807) is 6.08 Å². The number of hydrogen-bond donors (Lipinski definition) is 0. The Bertz CT molecular complexity index is 1090. The average Bonchev–Trinajstić information content (AvgIpc) is 2.98. The van der Waals surface area contributed by atoms with E-state index in [9.17, 15) is 0 Å². The van der Waals surface area contributed by atoms with Crippen LogP contribution in [0.3, 0.4) is 0 Å². The molecule has 7 nitrogen and oxygen atoms in total.